The summed E-state index contributed by atoms with van der Waals surface area (Å²) in [7, 11) is 1.48. The third kappa shape index (κ3) is 3.01. The maximum Gasteiger partial charge on any atom is 0.335 e. The molecular formula is C12H13NO3. The lowest BCUT2D eigenvalue weighted by atomic mass is 10.1. The van der Waals surface area contributed by atoms with Crippen molar-refractivity contribution in [2.24, 2.45) is 5.73 Å². The fourth-order valence-corrected chi connectivity index (χ4v) is 1.16. The van der Waals surface area contributed by atoms with E-state index in [4.69, 9.17) is 15.6 Å². The SMILES string of the molecule is COc1cc(C(=O)O)ccc1C#CCCN. The minimum atomic E-state index is -0.986. The zero-order valence-electron chi connectivity index (χ0n) is 8.99. The van der Waals surface area contributed by atoms with Crippen LogP contribution in [0.5, 0.6) is 5.75 Å². The molecule has 0 saturated heterocycles. The standard InChI is InChI=1S/C12H13NO3/c1-16-11-8-10(12(14)15)6-5-9(11)4-2-3-7-13/h5-6,8H,3,7,13H2,1H3,(H,14,15). The molecule has 0 radical (unpaired) electrons. The number of hydrogen-bond donors (Lipinski definition) is 2. The van der Waals surface area contributed by atoms with Crippen LogP contribution in [0, 0.1) is 11.8 Å². The Labute approximate surface area is 94.0 Å². The van der Waals surface area contributed by atoms with Gasteiger partial charge in [-0.1, -0.05) is 11.8 Å². The van der Waals surface area contributed by atoms with Crippen molar-refractivity contribution in [2.45, 2.75) is 6.42 Å². The van der Waals surface area contributed by atoms with E-state index in [1.165, 1.54) is 19.2 Å². The second-order valence-electron chi connectivity index (χ2n) is 3.06. The highest BCUT2D eigenvalue weighted by Crippen LogP contribution is 2.19. The van der Waals surface area contributed by atoms with Crippen molar-refractivity contribution < 1.29 is 14.6 Å². The Kier molecular flexibility index (Phi) is 4.37. The number of ether oxygens (including phenoxy) is 1. The fourth-order valence-electron chi connectivity index (χ4n) is 1.16. The lowest BCUT2D eigenvalue weighted by molar-refractivity contribution is 0.0696. The zero-order valence-corrected chi connectivity index (χ0v) is 8.99. The van der Waals surface area contributed by atoms with E-state index < -0.39 is 5.97 Å². The van der Waals surface area contributed by atoms with Gasteiger partial charge >= 0.3 is 5.97 Å². The van der Waals surface area contributed by atoms with Gasteiger partial charge in [0.1, 0.15) is 5.75 Å². The number of carboxylic acids is 1. The number of methoxy groups -OCH3 is 1. The summed E-state index contributed by atoms with van der Waals surface area (Å²) in [6, 6.07) is 4.58. The third-order valence-electron chi connectivity index (χ3n) is 1.94. The van der Waals surface area contributed by atoms with E-state index in [2.05, 4.69) is 11.8 Å². The van der Waals surface area contributed by atoms with Crippen LogP contribution in [0.2, 0.25) is 0 Å². The molecular weight excluding hydrogens is 206 g/mol. The van der Waals surface area contributed by atoms with Crippen LogP contribution in [-0.4, -0.2) is 24.7 Å². The van der Waals surface area contributed by atoms with Crippen molar-refractivity contribution >= 4 is 5.97 Å². The highest BCUT2D eigenvalue weighted by molar-refractivity contribution is 5.88. The van der Waals surface area contributed by atoms with Crippen LogP contribution in [0.4, 0.5) is 0 Å². The quantitative estimate of drug-likeness (QED) is 0.746. The summed E-state index contributed by atoms with van der Waals surface area (Å²) in [5.41, 5.74) is 6.16. The number of aromatic carboxylic acids is 1. The smallest absolute Gasteiger partial charge is 0.335 e. The number of rotatable bonds is 3. The molecule has 0 spiro atoms. The molecule has 0 amide bonds. The zero-order chi connectivity index (χ0) is 12.0. The lowest BCUT2D eigenvalue weighted by Gasteiger charge is -2.04. The van der Waals surface area contributed by atoms with E-state index >= 15 is 0 Å². The molecule has 4 heteroatoms. The van der Waals surface area contributed by atoms with E-state index in [0.717, 1.165) is 0 Å². The van der Waals surface area contributed by atoms with Gasteiger partial charge in [0.05, 0.1) is 18.2 Å². The molecule has 0 atom stereocenters. The number of nitrogens with two attached hydrogens (primary N) is 1. The second kappa shape index (κ2) is 5.79. The maximum absolute atomic E-state index is 10.7. The first kappa shape index (κ1) is 12.1. The molecule has 3 N–H and O–H groups in total. The molecule has 0 bridgehead atoms. The number of hydrogen-bond acceptors (Lipinski definition) is 3. The van der Waals surface area contributed by atoms with Gasteiger partial charge in [-0.05, 0) is 18.2 Å². The highest BCUT2D eigenvalue weighted by atomic mass is 16.5. The molecule has 0 fully saturated rings. The Morgan fingerprint density at radius 3 is 2.88 bits per heavy atom. The molecule has 0 saturated carbocycles. The average Bonchev–Trinajstić information content (AvgIpc) is 2.29. The van der Waals surface area contributed by atoms with Gasteiger partial charge in [-0.25, -0.2) is 4.79 Å². The number of benzene rings is 1. The summed E-state index contributed by atoms with van der Waals surface area (Å²) in [5, 5.41) is 8.80. The van der Waals surface area contributed by atoms with Crippen molar-refractivity contribution in [1.29, 1.82) is 0 Å². The average molecular weight is 219 g/mol. The van der Waals surface area contributed by atoms with E-state index in [0.29, 0.717) is 24.3 Å². The minimum Gasteiger partial charge on any atom is -0.495 e. The predicted octanol–water partition coefficient (Wildman–Crippen LogP) is 1.09. The highest BCUT2D eigenvalue weighted by Gasteiger charge is 2.06. The van der Waals surface area contributed by atoms with Crippen LogP contribution in [0.15, 0.2) is 18.2 Å². The Morgan fingerprint density at radius 2 is 2.31 bits per heavy atom. The predicted molar refractivity (Wildman–Crippen MR) is 60.5 cm³/mol. The molecule has 0 aromatic heterocycles. The topological polar surface area (TPSA) is 72.5 Å². The molecule has 16 heavy (non-hydrogen) atoms. The summed E-state index contributed by atoms with van der Waals surface area (Å²) < 4.78 is 5.07. The van der Waals surface area contributed by atoms with Crippen LogP contribution in [0.1, 0.15) is 22.3 Å². The van der Waals surface area contributed by atoms with Crippen LogP contribution in [0.25, 0.3) is 0 Å². The Balaban J connectivity index is 3.03. The molecule has 84 valence electrons. The number of carbonyl (C=O) groups is 1. The van der Waals surface area contributed by atoms with Crippen LogP contribution in [0.3, 0.4) is 0 Å². The largest absolute Gasteiger partial charge is 0.495 e. The van der Waals surface area contributed by atoms with Crippen LogP contribution < -0.4 is 10.5 Å². The van der Waals surface area contributed by atoms with Crippen LogP contribution in [-0.2, 0) is 0 Å². The first-order valence-corrected chi connectivity index (χ1v) is 4.79. The first-order valence-electron chi connectivity index (χ1n) is 4.79. The molecule has 0 heterocycles. The lowest BCUT2D eigenvalue weighted by Crippen LogP contribution is -1.98. The molecule has 1 aromatic carbocycles. The molecule has 0 aliphatic rings. The first-order chi connectivity index (χ1) is 7.69. The van der Waals surface area contributed by atoms with E-state index in [1.807, 2.05) is 0 Å². The van der Waals surface area contributed by atoms with Gasteiger partial charge in [-0.3, -0.25) is 0 Å². The molecule has 1 aromatic rings. The normalized spacial score (nSPS) is 9.12. The van der Waals surface area contributed by atoms with E-state index in [-0.39, 0.29) is 5.56 Å². The third-order valence-corrected chi connectivity index (χ3v) is 1.94. The monoisotopic (exact) mass is 219 g/mol. The fraction of sp³-hybridized carbons (Fsp3) is 0.250. The van der Waals surface area contributed by atoms with Gasteiger partial charge in [0, 0.05) is 13.0 Å². The van der Waals surface area contributed by atoms with Gasteiger partial charge in [-0.2, -0.15) is 0 Å². The maximum atomic E-state index is 10.7. The molecule has 0 aliphatic heterocycles. The van der Waals surface area contributed by atoms with Crippen molar-refractivity contribution in [1.82, 2.24) is 0 Å². The molecule has 0 unspecified atom stereocenters. The Hall–Kier alpha value is -1.99. The van der Waals surface area contributed by atoms with Gasteiger partial charge in [0.2, 0.25) is 0 Å². The molecule has 0 aliphatic carbocycles. The van der Waals surface area contributed by atoms with Gasteiger partial charge < -0.3 is 15.6 Å². The van der Waals surface area contributed by atoms with Crippen molar-refractivity contribution in [3.63, 3.8) is 0 Å². The second-order valence-corrected chi connectivity index (χ2v) is 3.06. The Morgan fingerprint density at radius 1 is 1.56 bits per heavy atom. The van der Waals surface area contributed by atoms with Crippen molar-refractivity contribution in [3.05, 3.63) is 29.3 Å². The molecule has 1 rings (SSSR count). The summed E-state index contributed by atoms with van der Waals surface area (Å²) in [6.45, 7) is 0.503. The van der Waals surface area contributed by atoms with E-state index in [1.54, 1.807) is 6.07 Å². The summed E-state index contributed by atoms with van der Waals surface area (Å²) in [5.74, 6) is 5.23. The van der Waals surface area contributed by atoms with Gasteiger partial charge in [-0.15, -0.1) is 0 Å². The van der Waals surface area contributed by atoms with E-state index in [9.17, 15) is 4.79 Å². The van der Waals surface area contributed by atoms with Gasteiger partial charge in [0.25, 0.3) is 0 Å². The summed E-state index contributed by atoms with van der Waals surface area (Å²) in [4.78, 5) is 10.7. The Bertz CT molecular complexity index is 443. The summed E-state index contributed by atoms with van der Waals surface area (Å²) in [6.07, 6.45) is 0.601. The minimum absolute atomic E-state index is 0.182. The van der Waals surface area contributed by atoms with Gasteiger partial charge in [0.15, 0.2) is 0 Å². The van der Waals surface area contributed by atoms with Crippen molar-refractivity contribution in [2.75, 3.05) is 13.7 Å². The van der Waals surface area contributed by atoms with Crippen LogP contribution >= 0.6 is 0 Å². The summed E-state index contributed by atoms with van der Waals surface area (Å²) >= 11 is 0. The number of carboxylic acid groups (broad SMARTS) is 1. The molecule has 4 nitrogen and oxygen atoms in total. The van der Waals surface area contributed by atoms with Crippen molar-refractivity contribution in [3.8, 4) is 17.6 Å².